The van der Waals surface area contributed by atoms with E-state index in [2.05, 4.69) is 0 Å². The maximum Gasteiger partial charge on any atom is 0.248 e. The van der Waals surface area contributed by atoms with Crippen molar-refractivity contribution < 1.29 is 4.79 Å². The molecule has 0 bridgehead atoms. The Hall–Kier alpha value is -0.970. The summed E-state index contributed by atoms with van der Waals surface area (Å²) in [7, 11) is 0. The quantitative estimate of drug-likeness (QED) is 0.496. The molecule has 4 nitrogen and oxygen atoms in total. The van der Waals surface area contributed by atoms with E-state index in [1.165, 1.54) is 0 Å². The van der Waals surface area contributed by atoms with Gasteiger partial charge in [-0.2, -0.15) is 4.42 Å². The van der Waals surface area contributed by atoms with Crippen LogP contribution < -0.4 is 5.73 Å². The van der Waals surface area contributed by atoms with Gasteiger partial charge in [0.05, 0.1) is 6.42 Å². The van der Waals surface area contributed by atoms with Crippen molar-refractivity contribution in [3.63, 3.8) is 0 Å². The Morgan fingerprint density at radius 1 is 1.38 bits per heavy atom. The van der Waals surface area contributed by atoms with Gasteiger partial charge < -0.3 is 5.73 Å². The second kappa shape index (κ2) is 5.39. The molecule has 3 N–H and O–H groups in total. The molecule has 0 saturated heterocycles. The van der Waals surface area contributed by atoms with Crippen LogP contribution in [0.5, 0.6) is 0 Å². The molecule has 1 aromatic carbocycles. The van der Waals surface area contributed by atoms with Gasteiger partial charge in [0.15, 0.2) is 0 Å². The van der Waals surface area contributed by atoms with Crippen molar-refractivity contribution in [1.29, 1.82) is 5.41 Å². The molecule has 86 valence electrons. The molecule has 0 radical (unpaired) electrons. The first-order valence-electron chi connectivity index (χ1n) is 4.19. The fourth-order valence-electron chi connectivity index (χ4n) is 1.06. The van der Waals surface area contributed by atoms with Crippen LogP contribution in [0.2, 0.25) is 10.0 Å². The average molecular weight is 281 g/mol. The zero-order valence-corrected chi connectivity index (χ0v) is 10.3. The lowest BCUT2D eigenvalue weighted by atomic mass is 10.1. The summed E-state index contributed by atoms with van der Waals surface area (Å²) in [6.07, 6.45) is -0.110. The standard InChI is InChI=1S/C9H8Cl3N3O/c10-6-2-1-3-7(11)5(6)4-8(16)15(12)9(13)14/h1-3H,4H2,(H3,13,14). The van der Waals surface area contributed by atoms with Crippen LogP contribution in [0.1, 0.15) is 5.56 Å². The van der Waals surface area contributed by atoms with Crippen LogP contribution in [0, 0.1) is 5.41 Å². The van der Waals surface area contributed by atoms with E-state index in [-0.39, 0.29) is 6.42 Å². The molecule has 0 unspecified atom stereocenters. The summed E-state index contributed by atoms with van der Waals surface area (Å²) in [5.74, 6) is -1.11. The molecule has 0 aliphatic carbocycles. The summed E-state index contributed by atoms with van der Waals surface area (Å²) in [6, 6.07) is 4.90. The van der Waals surface area contributed by atoms with Crippen molar-refractivity contribution in [2.24, 2.45) is 5.73 Å². The molecule has 0 atom stereocenters. The maximum absolute atomic E-state index is 11.5. The molecular formula is C9H8Cl3N3O. The van der Waals surface area contributed by atoms with Crippen molar-refractivity contribution in [2.45, 2.75) is 6.42 Å². The molecule has 0 spiro atoms. The zero-order chi connectivity index (χ0) is 12.3. The fourth-order valence-corrected chi connectivity index (χ4v) is 1.65. The summed E-state index contributed by atoms with van der Waals surface area (Å²) in [4.78, 5) is 11.5. The topological polar surface area (TPSA) is 70.2 Å². The first-order valence-corrected chi connectivity index (χ1v) is 5.28. The van der Waals surface area contributed by atoms with Gasteiger partial charge in [0.1, 0.15) is 0 Å². The highest BCUT2D eigenvalue weighted by molar-refractivity contribution is 6.36. The lowest BCUT2D eigenvalue weighted by Crippen LogP contribution is -2.34. The van der Waals surface area contributed by atoms with Gasteiger partial charge in [-0.3, -0.25) is 10.2 Å². The van der Waals surface area contributed by atoms with E-state index in [1.807, 2.05) is 0 Å². The van der Waals surface area contributed by atoms with Crippen LogP contribution >= 0.6 is 35.0 Å². The number of amides is 1. The number of nitrogens with two attached hydrogens (primary N) is 1. The molecule has 1 amide bonds. The van der Waals surface area contributed by atoms with Crippen LogP contribution in [0.15, 0.2) is 18.2 Å². The van der Waals surface area contributed by atoms with Crippen molar-refractivity contribution >= 4 is 46.8 Å². The van der Waals surface area contributed by atoms with Gasteiger partial charge in [-0.1, -0.05) is 29.3 Å². The first kappa shape index (κ1) is 13.1. The smallest absolute Gasteiger partial charge is 0.248 e. The summed E-state index contributed by atoms with van der Waals surface area (Å²) >= 11 is 17.2. The lowest BCUT2D eigenvalue weighted by molar-refractivity contribution is -0.123. The largest absolute Gasteiger partial charge is 0.369 e. The monoisotopic (exact) mass is 279 g/mol. The number of benzene rings is 1. The number of carbonyl (C=O) groups excluding carboxylic acids is 1. The summed E-state index contributed by atoms with van der Waals surface area (Å²) in [6.45, 7) is 0. The van der Waals surface area contributed by atoms with Crippen LogP contribution in [0.3, 0.4) is 0 Å². The highest BCUT2D eigenvalue weighted by Crippen LogP contribution is 2.25. The van der Waals surface area contributed by atoms with E-state index >= 15 is 0 Å². The van der Waals surface area contributed by atoms with Gasteiger partial charge >= 0.3 is 0 Å². The van der Waals surface area contributed by atoms with E-state index in [9.17, 15) is 4.79 Å². The molecule has 0 fully saturated rings. The van der Waals surface area contributed by atoms with Gasteiger partial charge in [-0.05, 0) is 17.7 Å². The second-order valence-corrected chi connectivity index (χ2v) is 4.09. The number of carbonyl (C=O) groups is 1. The number of nitrogens with zero attached hydrogens (tertiary/aromatic N) is 1. The minimum atomic E-state index is -0.566. The van der Waals surface area contributed by atoms with Gasteiger partial charge in [-0.25, -0.2) is 0 Å². The predicted molar refractivity (Wildman–Crippen MR) is 64.8 cm³/mol. The third kappa shape index (κ3) is 3.01. The molecular weight excluding hydrogens is 272 g/mol. The third-order valence-electron chi connectivity index (χ3n) is 1.82. The Labute approximate surface area is 107 Å². The van der Waals surface area contributed by atoms with Crippen molar-refractivity contribution in [3.8, 4) is 0 Å². The van der Waals surface area contributed by atoms with E-state index in [4.69, 9.17) is 46.1 Å². The number of halogens is 3. The normalized spacial score (nSPS) is 9.94. The highest BCUT2D eigenvalue weighted by Gasteiger charge is 2.17. The van der Waals surface area contributed by atoms with Crippen molar-refractivity contribution in [1.82, 2.24) is 4.42 Å². The maximum atomic E-state index is 11.5. The Morgan fingerprint density at radius 3 is 2.31 bits per heavy atom. The Morgan fingerprint density at radius 2 is 1.88 bits per heavy atom. The van der Waals surface area contributed by atoms with Crippen LogP contribution in [0.4, 0.5) is 0 Å². The number of hydrogen-bond donors (Lipinski definition) is 2. The lowest BCUT2D eigenvalue weighted by Gasteiger charge is -2.12. The van der Waals surface area contributed by atoms with Crippen LogP contribution in [-0.2, 0) is 11.2 Å². The molecule has 7 heteroatoms. The van der Waals surface area contributed by atoms with E-state index in [1.54, 1.807) is 18.2 Å². The molecule has 0 aliphatic heterocycles. The minimum absolute atomic E-state index is 0.110. The first-order chi connectivity index (χ1) is 7.43. The molecule has 0 aromatic heterocycles. The molecule has 0 aliphatic rings. The second-order valence-electron chi connectivity index (χ2n) is 2.94. The van der Waals surface area contributed by atoms with E-state index in [0.717, 1.165) is 0 Å². The van der Waals surface area contributed by atoms with Gasteiger partial charge in [0.25, 0.3) is 0 Å². The Bertz CT molecular complexity index is 416. The van der Waals surface area contributed by atoms with E-state index < -0.39 is 11.9 Å². The molecule has 0 heterocycles. The molecule has 16 heavy (non-hydrogen) atoms. The molecule has 1 rings (SSSR count). The van der Waals surface area contributed by atoms with Gasteiger partial charge in [0, 0.05) is 21.8 Å². The fraction of sp³-hybridized carbons (Fsp3) is 0.111. The SMILES string of the molecule is N=C(N)N(Cl)C(=O)Cc1c(Cl)cccc1Cl. The summed E-state index contributed by atoms with van der Waals surface area (Å²) < 4.78 is 0.514. The number of hydrogen-bond acceptors (Lipinski definition) is 2. The predicted octanol–water partition coefficient (Wildman–Crippen LogP) is 2.41. The number of guanidine groups is 1. The molecule has 0 saturated carbocycles. The molecule has 1 aromatic rings. The van der Waals surface area contributed by atoms with Crippen molar-refractivity contribution in [3.05, 3.63) is 33.8 Å². The number of rotatable bonds is 2. The van der Waals surface area contributed by atoms with Crippen LogP contribution in [0.25, 0.3) is 0 Å². The Kier molecular flexibility index (Phi) is 4.41. The van der Waals surface area contributed by atoms with E-state index in [0.29, 0.717) is 20.0 Å². The third-order valence-corrected chi connectivity index (χ3v) is 2.90. The van der Waals surface area contributed by atoms with Gasteiger partial charge in [0.2, 0.25) is 11.9 Å². The summed E-state index contributed by atoms with van der Waals surface area (Å²) in [5, 5.41) is 7.73. The minimum Gasteiger partial charge on any atom is -0.369 e. The summed E-state index contributed by atoms with van der Waals surface area (Å²) in [5.41, 5.74) is 5.52. The number of nitrogens with one attached hydrogen (secondary N) is 1. The van der Waals surface area contributed by atoms with Crippen molar-refractivity contribution in [2.75, 3.05) is 0 Å². The highest BCUT2D eigenvalue weighted by atomic mass is 35.5. The zero-order valence-electron chi connectivity index (χ0n) is 8.01. The van der Waals surface area contributed by atoms with Gasteiger partial charge in [-0.15, -0.1) is 0 Å². The Balaban J connectivity index is 2.89. The average Bonchev–Trinajstić information content (AvgIpc) is 2.22. The van der Waals surface area contributed by atoms with Crippen LogP contribution in [-0.4, -0.2) is 16.3 Å².